The van der Waals surface area contributed by atoms with Crippen LogP contribution in [0.5, 0.6) is 0 Å². The van der Waals surface area contributed by atoms with E-state index in [1.807, 2.05) is 42.2 Å². The van der Waals surface area contributed by atoms with E-state index in [1.54, 1.807) is 6.20 Å². The zero-order valence-corrected chi connectivity index (χ0v) is 12.5. The molecule has 6 nitrogen and oxygen atoms in total. The minimum Gasteiger partial charge on any atom is -0.378 e. The van der Waals surface area contributed by atoms with Gasteiger partial charge < -0.3 is 15.0 Å². The highest BCUT2D eigenvalue weighted by Crippen LogP contribution is 2.15. The van der Waals surface area contributed by atoms with Gasteiger partial charge in [-0.25, -0.2) is 9.97 Å². The molecule has 114 valence electrons. The molecule has 1 fully saturated rings. The number of carbonyl (C=O) groups excluding carboxylic acids is 1. The van der Waals surface area contributed by atoms with Crippen LogP contribution in [0, 0.1) is 6.92 Å². The average Bonchev–Trinajstić information content (AvgIpc) is 2.56. The SMILES string of the molecule is Cc1ccnc(Nc2ccc(C(=O)N3CCOCC3)cc2)n1. The molecule has 2 heterocycles. The first kappa shape index (κ1) is 14.5. The summed E-state index contributed by atoms with van der Waals surface area (Å²) in [6.07, 6.45) is 1.71. The number of amides is 1. The van der Waals surface area contributed by atoms with Crippen LogP contribution in [0.4, 0.5) is 11.6 Å². The van der Waals surface area contributed by atoms with Crippen molar-refractivity contribution in [2.45, 2.75) is 6.92 Å². The lowest BCUT2D eigenvalue weighted by molar-refractivity contribution is 0.0303. The first-order chi connectivity index (χ1) is 10.7. The van der Waals surface area contributed by atoms with Gasteiger partial charge in [-0.05, 0) is 37.3 Å². The monoisotopic (exact) mass is 298 g/mol. The molecule has 0 bridgehead atoms. The van der Waals surface area contributed by atoms with E-state index >= 15 is 0 Å². The second-order valence-corrected chi connectivity index (χ2v) is 5.13. The van der Waals surface area contributed by atoms with Crippen molar-refractivity contribution in [3.63, 3.8) is 0 Å². The maximum Gasteiger partial charge on any atom is 0.254 e. The molecule has 0 saturated carbocycles. The van der Waals surface area contributed by atoms with Crippen LogP contribution in [0.25, 0.3) is 0 Å². The molecule has 1 N–H and O–H groups in total. The minimum atomic E-state index is 0.0432. The zero-order valence-electron chi connectivity index (χ0n) is 12.5. The van der Waals surface area contributed by atoms with Crippen LogP contribution in [-0.2, 0) is 4.74 Å². The van der Waals surface area contributed by atoms with Gasteiger partial charge in [0.25, 0.3) is 5.91 Å². The Morgan fingerprint density at radius 2 is 1.91 bits per heavy atom. The fraction of sp³-hybridized carbons (Fsp3) is 0.312. The first-order valence-electron chi connectivity index (χ1n) is 7.26. The number of carbonyl (C=O) groups is 1. The summed E-state index contributed by atoms with van der Waals surface area (Å²) < 4.78 is 5.26. The molecule has 6 heteroatoms. The number of nitrogens with one attached hydrogen (secondary N) is 1. The number of morpholine rings is 1. The van der Waals surface area contributed by atoms with E-state index in [2.05, 4.69) is 15.3 Å². The molecule has 2 aromatic rings. The fourth-order valence-corrected chi connectivity index (χ4v) is 2.28. The molecule has 0 atom stereocenters. The predicted octanol–water partition coefficient (Wildman–Crippen LogP) is 2.00. The van der Waals surface area contributed by atoms with Gasteiger partial charge in [-0.15, -0.1) is 0 Å². The van der Waals surface area contributed by atoms with E-state index in [9.17, 15) is 4.79 Å². The lowest BCUT2D eigenvalue weighted by Gasteiger charge is -2.26. The second-order valence-electron chi connectivity index (χ2n) is 5.13. The van der Waals surface area contributed by atoms with Crippen molar-refractivity contribution in [2.75, 3.05) is 31.6 Å². The summed E-state index contributed by atoms with van der Waals surface area (Å²) in [5.74, 6) is 0.592. The highest BCUT2D eigenvalue weighted by Gasteiger charge is 2.18. The Balaban J connectivity index is 1.68. The molecule has 1 saturated heterocycles. The molecule has 3 rings (SSSR count). The Morgan fingerprint density at radius 1 is 1.18 bits per heavy atom. The van der Waals surface area contributed by atoms with E-state index in [0.29, 0.717) is 37.8 Å². The first-order valence-corrected chi connectivity index (χ1v) is 7.26. The third-order valence-corrected chi connectivity index (χ3v) is 3.48. The largest absolute Gasteiger partial charge is 0.378 e. The Hall–Kier alpha value is -2.47. The Morgan fingerprint density at radius 3 is 2.59 bits per heavy atom. The number of benzene rings is 1. The van der Waals surface area contributed by atoms with Crippen LogP contribution in [-0.4, -0.2) is 47.1 Å². The quantitative estimate of drug-likeness (QED) is 0.938. The van der Waals surface area contributed by atoms with Crippen molar-refractivity contribution < 1.29 is 9.53 Å². The summed E-state index contributed by atoms with van der Waals surface area (Å²) in [4.78, 5) is 22.6. The molecular weight excluding hydrogens is 280 g/mol. The molecule has 0 spiro atoms. The van der Waals surface area contributed by atoms with Gasteiger partial charge in [0.05, 0.1) is 13.2 Å². The van der Waals surface area contributed by atoms with Crippen molar-refractivity contribution in [2.24, 2.45) is 0 Å². The zero-order chi connectivity index (χ0) is 15.4. The van der Waals surface area contributed by atoms with Crippen molar-refractivity contribution in [1.82, 2.24) is 14.9 Å². The summed E-state index contributed by atoms with van der Waals surface area (Å²) in [6.45, 7) is 4.43. The van der Waals surface area contributed by atoms with Crippen molar-refractivity contribution >= 4 is 17.5 Å². The van der Waals surface area contributed by atoms with Crippen LogP contribution in [0.15, 0.2) is 36.5 Å². The summed E-state index contributed by atoms with van der Waals surface area (Å²) in [7, 11) is 0. The third kappa shape index (κ3) is 3.40. The second kappa shape index (κ2) is 6.53. The fourth-order valence-electron chi connectivity index (χ4n) is 2.28. The smallest absolute Gasteiger partial charge is 0.254 e. The highest BCUT2D eigenvalue weighted by atomic mass is 16.5. The number of hydrogen-bond acceptors (Lipinski definition) is 5. The number of ether oxygens (including phenoxy) is 1. The number of nitrogens with zero attached hydrogens (tertiary/aromatic N) is 3. The van der Waals surface area contributed by atoms with Crippen LogP contribution < -0.4 is 5.32 Å². The number of aromatic nitrogens is 2. The Labute approximate surface area is 129 Å². The van der Waals surface area contributed by atoms with Crippen LogP contribution >= 0.6 is 0 Å². The summed E-state index contributed by atoms with van der Waals surface area (Å²) in [5, 5.41) is 3.12. The summed E-state index contributed by atoms with van der Waals surface area (Å²) in [6, 6.07) is 9.19. The minimum absolute atomic E-state index is 0.0432. The van der Waals surface area contributed by atoms with E-state index in [4.69, 9.17) is 4.74 Å². The Kier molecular flexibility index (Phi) is 4.29. The number of anilines is 2. The van der Waals surface area contributed by atoms with Crippen molar-refractivity contribution in [3.05, 3.63) is 47.8 Å². The van der Waals surface area contributed by atoms with Crippen molar-refractivity contribution in [1.29, 1.82) is 0 Å². The highest BCUT2D eigenvalue weighted by molar-refractivity contribution is 5.94. The van der Waals surface area contributed by atoms with Gasteiger partial charge in [0.15, 0.2) is 0 Å². The van der Waals surface area contributed by atoms with E-state index in [1.165, 1.54) is 0 Å². The maximum atomic E-state index is 12.3. The lowest BCUT2D eigenvalue weighted by Crippen LogP contribution is -2.40. The van der Waals surface area contributed by atoms with E-state index in [0.717, 1.165) is 11.4 Å². The molecule has 1 aliphatic rings. The maximum absolute atomic E-state index is 12.3. The molecule has 1 amide bonds. The topological polar surface area (TPSA) is 67.4 Å². The lowest BCUT2D eigenvalue weighted by atomic mass is 10.1. The molecular formula is C16H18N4O2. The third-order valence-electron chi connectivity index (χ3n) is 3.48. The predicted molar refractivity (Wildman–Crippen MR) is 83.2 cm³/mol. The molecule has 0 unspecified atom stereocenters. The van der Waals surface area contributed by atoms with Crippen LogP contribution in [0.3, 0.4) is 0 Å². The van der Waals surface area contributed by atoms with Gasteiger partial charge in [0, 0.05) is 36.2 Å². The number of aryl methyl sites for hydroxylation is 1. The van der Waals surface area contributed by atoms with Crippen LogP contribution in [0.2, 0.25) is 0 Å². The van der Waals surface area contributed by atoms with Gasteiger partial charge in [-0.2, -0.15) is 0 Å². The van der Waals surface area contributed by atoms with E-state index < -0.39 is 0 Å². The van der Waals surface area contributed by atoms with Gasteiger partial charge in [0.1, 0.15) is 0 Å². The average molecular weight is 298 g/mol. The number of rotatable bonds is 3. The van der Waals surface area contributed by atoms with Gasteiger partial charge in [0.2, 0.25) is 5.95 Å². The standard InChI is InChI=1S/C16H18N4O2/c1-12-6-7-17-16(18-12)19-14-4-2-13(3-5-14)15(21)20-8-10-22-11-9-20/h2-7H,8-11H2,1H3,(H,17,18,19). The van der Waals surface area contributed by atoms with Gasteiger partial charge in [-0.3, -0.25) is 4.79 Å². The van der Waals surface area contributed by atoms with Gasteiger partial charge in [-0.1, -0.05) is 0 Å². The molecule has 0 radical (unpaired) electrons. The van der Waals surface area contributed by atoms with Crippen molar-refractivity contribution in [3.8, 4) is 0 Å². The Bertz CT molecular complexity index is 651. The molecule has 1 aliphatic heterocycles. The van der Waals surface area contributed by atoms with Gasteiger partial charge >= 0.3 is 0 Å². The normalized spacial score (nSPS) is 14.7. The summed E-state index contributed by atoms with van der Waals surface area (Å²) >= 11 is 0. The van der Waals surface area contributed by atoms with Crippen LogP contribution in [0.1, 0.15) is 16.1 Å². The molecule has 22 heavy (non-hydrogen) atoms. The van der Waals surface area contributed by atoms with E-state index in [-0.39, 0.29) is 5.91 Å². The molecule has 0 aliphatic carbocycles. The molecule has 1 aromatic heterocycles. The number of hydrogen-bond donors (Lipinski definition) is 1. The summed E-state index contributed by atoms with van der Waals surface area (Å²) in [5.41, 5.74) is 2.43. The molecule has 1 aromatic carbocycles.